The molecular weight excluding hydrogens is 233 g/mol. The van der Waals surface area contributed by atoms with Gasteiger partial charge in [0.1, 0.15) is 0 Å². The second-order valence-electron chi connectivity index (χ2n) is 0.400. The molecule has 0 saturated heterocycles. The van der Waals surface area contributed by atoms with Gasteiger partial charge in [-0.25, -0.2) is 0 Å². The molecule has 48 valence electrons. The van der Waals surface area contributed by atoms with Crippen molar-refractivity contribution in [3.05, 3.63) is 0 Å². The van der Waals surface area contributed by atoms with Crippen molar-refractivity contribution in [2.45, 2.75) is 14.9 Å². The van der Waals surface area contributed by atoms with Crippen LogP contribution in [-0.4, -0.2) is 14.1 Å². The summed E-state index contributed by atoms with van der Waals surface area (Å²) in [5.74, 6) is 0. The van der Waals surface area contributed by atoms with Gasteiger partial charge in [-0.3, -0.25) is 0 Å². The van der Waals surface area contributed by atoms with Crippen LogP contribution in [-0.2, 0) is 0 Å². The molecule has 0 atom stereocenters. The summed E-state index contributed by atoms with van der Waals surface area (Å²) in [6, 6.07) is 0. The molecule has 0 heterocycles. The summed E-state index contributed by atoms with van der Waals surface area (Å²) >= 11 is 0. The zero-order valence-electron chi connectivity index (χ0n) is 3.25. The maximum atomic E-state index is 3.36. The molecule has 0 N–H and O–H groups in total. The van der Waals surface area contributed by atoms with E-state index in [9.17, 15) is 0 Å². The fourth-order valence-corrected chi connectivity index (χ4v) is 0. The molecule has 0 aromatic heterocycles. The third-order valence-electron chi connectivity index (χ3n) is 0.200. The van der Waals surface area contributed by atoms with E-state index in [4.69, 9.17) is 0 Å². The Morgan fingerprint density at radius 2 is 1.00 bits per heavy atom. The number of hydrogen-bond acceptors (Lipinski definition) is 2. The van der Waals surface area contributed by atoms with Crippen molar-refractivity contribution < 1.29 is 39.9 Å². The Morgan fingerprint density at radius 1 is 0.857 bits per heavy atom. The molecule has 0 aliphatic carbocycles. The molecule has 0 bridgehead atoms. The molecule has 0 fully saturated rings. The van der Waals surface area contributed by atoms with E-state index >= 15 is 0 Å². The van der Waals surface area contributed by atoms with Gasteiger partial charge in [-0.05, 0) is 0 Å². The average molecular weight is 247 g/mol. The average Bonchev–Trinajstić information content (AvgIpc) is 1.37. The summed E-state index contributed by atoms with van der Waals surface area (Å²) in [5.41, 5.74) is 0. The normalized spacial score (nSPS) is 5.43. The van der Waals surface area contributed by atoms with Crippen LogP contribution in [0.4, 0.5) is 0 Å². The van der Waals surface area contributed by atoms with Crippen molar-refractivity contribution in [3.8, 4) is 0 Å². The molecule has 0 unspecified atom stereocenters. The predicted octanol–water partition coefficient (Wildman–Crippen LogP) is 1.97. The van der Waals surface area contributed by atoms with Crippen LogP contribution >= 0.6 is 0 Å². The Hall–Kier alpha value is 0.925. The van der Waals surface area contributed by atoms with E-state index in [2.05, 4.69) is 10.2 Å². The smallest absolute Gasteiger partial charge is 0.0487 e. The first-order chi connectivity index (χ1) is 1.91. The van der Waals surface area contributed by atoms with Crippen LogP contribution in [0.3, 0.4) is 0 Å². The third-order valence-corrected chi connectivity index (χ3v) is 0.200. The van der Waals surface area contributed by atoms with Crippen LogP contribution in [0.25, 0.3) is 0 Å². The second-order valence-corrected chi connectivity index (χ2v) is 0.400. The zero-order valence-corrected chi connectivity index (χ0v) is 5.52. The SMILES string of the molecule is C.C.CN=NC.[Gd]. The third kappa shape index (κ3) is 45.3. The second kappa shape index (κ2) is 28.4. The molecule has 0 amide bonds. The quantitative estimate of drug-likeness (QED) is 0.585. The first-order valence-electron chi connectivity index (χ1n) is 1.09. The fraction of sp³-hybridized carbons (Fsp3) is 1.00. The van der Waals surface area contributed by atoms with Gasteiger partial charge in [0.2, 0.25) is 0 Å². The number of rotatable bonds is 0. The maximum absolute atomic E-state index is 3.36. The van der Waals surface area contributed by atoms with Crippen molar-refractivity contribution in [1.29, 1.82) is 0 Å². The van der Waals surface area contributed by atoms with Crippen molar-refractivity contribution in [2.24, 2.45) is 10.2 Å². The van der Waals surface area contributed by atoms with Crippen LogP contribution in [0, 0.1) is 39.9 Å². The van der Waals surface area contributed by atoms with Crippen molar-refractivity contribution in [3.63, 3.8) is 0 Å². The first-order valence-corrected chi connectivity index (χ1v) is 1.09. The van der Waals surface area contributed by atoms with Gasteiger partial charge in [0.05, 0.1) is 0 Å². The van der Waals surface area contributed by atoms with Gasteiger partial charge in [0.15, 0.2) is 0 Å². The number of nitrogens with zero attached hydrogens (tertiary/aromatic N) is 2. The van der Waals surface area contributed by atoms with Crippen molar-refractivity contribution >= 4 is 0 Å². The van der Waals surface area contributed by atoms with Gasteiger partial charge in [-0.15, -0.1) is 0 Å². The fourth-order valence-electron chi connectivity index (χ4n) is 0. The number of hydrogen-bond donors (Lipinski definition) is 0. The van der Waals surface area contributed by atoms with Gasteiger partial charge in [-0.2, -0.15) is 10.2 Å². The minimum absolute atomic E-state index is 0. The molecule has 0 radical (unpaired) electrons. The molecule has 2 nitrogen and oxygen atoms in total. The van der Waals surface area contributed by atoms with E-state index < -0.39 is 0 Å². The largest absolute Gasteiger partial charge is 0.198 e. The summed E-state index contributed by atoms with van der Waals surface area (Å²) in [6.07, 6.45) is 0. The molecule has 0 aliphatic heterocycles. The van der Waals surface area contributed by atoms with E-state index in [1.165, 1.54) is 0 Å². The molecular formula is C4H14GdN2. The summed E-state index contributed by atoms with van der Waals surface area (Å²) < 4.78 is 0. The molecule has 0 saturated carbocycles. The maximum Gasteiger partial charge on any atom is 0.0487 e. The topological polar surface area (TPSA) is 24.7 Å². The standard InChI is InChI=1S/C2H6N2.2CH4.Gd/c1-3-4-2;;;/h1-2H3;2*1H4;. The van der Waals surface area contributed by atoms with E-state index in [1.807, 2.05) is 0 Å². The summed E-state index contributed by atoms with van der Waals surface area (Å²) in [4.78, 5) is 0. The van der Waals surface area contributed by atoms with Gasteiger partial charge in [0, 0.05) is 54.0 Å². The predicted molar refractivity (Wildman–Crippen MR) is 30.2 cm³/mol. The van der Waals surface area contributed by atoms with Crippen LogP contribution in [0.15, 0.2) is 10.2 Å². The molecule has 0 aliphatic rings. The Kier molecular flexibility index (Phi) is 100. The minimum Gasteiger partial charge on any atom is -0.198 e. The van der Waals surface area contributed by atoms with Crippen LogP contribution in [0.1, 0.15) is 14.9 Å². The molecule has 0 aromatic rings. The van der Waals surface area contributed by atoms with Crippen LogP contribution in [0.5, 0.6) is 0 Å². The molecule has 0 rings (SSSR count). The summed E-state index contributed by atoms with van der Waals surface area (Å²) in [7, 11) is 3.28. The summed E-state index contributed by atoms with van der Waals surface area (Å²) in [5, 5.41) is 6.72. The first kappa shape index (κ1) is 24.7. The van der Waals surface area contributed by atoms with Crippen molar-refractivity contribution in [1.82, 2.24) is 0 Å². The van der Waals surface area contributed by atoms with E-state index in [0.29, 0.717) is 0 Å². The minimum atomic E-state index is 0. The molecule has 7 heavy (non-hydrogen) atoms. The van der Waals surface area contributed by atoms with Gasteiger partial charge in [0.25, 0.3) is 0 Å². The van der Waals surface area contributed by atoms with E-state index in [0.717, 1.165) is 0 Å². The number of azo groups is 1. The molecule has 0 spiro atoms. The van der Waals surface area contributed by atoms with Crippen LogP contribution < -0.4 is 0 Å². The Morgan fingerprint density at radius 3 is 1.00 bits per heavy atom. The van der Waals surface area contributed by atoms with E-state index in [-0.39, 0.29) is 54.8 Å². The molecule has 3 heteroatoms. The van der Waals surface area contributed by atoms with Crippen molar-refractivity contribution in [2.75, 3.05) is 14.1 Å². The van der Waals surface area contributed by atoms with Gasteiger partial charge >= 0.3 is 0 Å². The zero-order chi connectivity index (χ0) is 3.41. The van der Waals surface area contributed by atoms with Gasteiger partial charge in [-0.1, -0.05) is 14.9 Å². The Balaban J connectivity index is -0.0000000150. The summed E-state index contributed by atoms with van der Waals surface area (Å²) in [6.45, 7) is 0. The molecule has 0 aromatic carbocycles. The van der Waals surface area contributed by atoms with Crippen LogP contribution in [0.2, 0.25) is 0 Å². The van der Waals surface area contributed by atoms with Gasteiger partial charge < -0.3 is 0 Å². The monoisotopic (exact) mass is 248 g/mol. The Bertz CT molecular complexity index is 24.9. The van der Waals surface area contributed by atoms with E-state index in [1.54, 1.807) is 14.1 Å². The Labute approximate surface area is 78.5 Å².